The lowest BCUT2D eigenvalue weighted by molar-refractivity contribution is -0.176. The van der Waals surface area contributed by atoms with Gasteiger partial charge in [-0.25, -0.2) is 19.4 Å². The first-order chi connectivity index (χ1) is 22.9. The van der Waals surface area contributed by atoms with E-state index in [9.17, 15) is 49.1 Å². The number of carbonyl (C=O) groups is 2. The van der Waals surface area contributed by atoms with Crippen molar-refractivity contribution in [3.8, 4) is 17.2 Å². The van der Waals surface area contributed by atoms with Gasteiger partial charge in [-0.05, 0) is 48.9 Å². The van der Waals surface area contributed by atoms with Gasteiger partial charge in [0.15, 0.2) is 16.8 Å². The second-order valence-corrected chi connectivity index (χ2v) is 11.2. The van der Waals surface area contributed by atoms with E-state index in [0.29, 0.717) is 17.8 Å². The summed E-state index contributed by atoms with van der Waals surface area (Å²) in [6.45, 7) is -0.450. The smallest absolute Gasteiger partial charge is 0.367 e. The SMILES string of the molecule is Cc1ccc(COCC(F)(F)F)c(N2C(=O)CS/C2=N\C(=O)Nc2ccc(-c3ncn(-c4ccc(C(F)(F)F)cn4)n3)cc2C(F)(F)F)c1. The van der Waals surface area contributed by atoms with Crippen LogP contribution in [0.1, 0.15) is 22.3 Å². The van der Waals surface area contributed by atoms with E-state index in [1.165, 1.54) is 12.1 Å². The normalized spacial score (nSPS) is 14.9. The maximum absolute atomic E-state index is 14.1. The number of rotatable bonds is 7. The molecule has 5 rings (SSSR count). The van der Waals surface area contributed by atoms with Crippen molar-refractivity contribution in [1.82, 2.24) is 19.7 Å². The summed E-state index contributed by atoms with van der Waals surface area (Å²) >= 11 is 0.790. The molecule has 3 heterocycles. The minimum Gasteiger partial charge on any atom is -0.367 e. The van der Waals surface area contributed by atoms with Gasteiger partial charge in [0, 0.05) is 17.3 Å². The summed E-state index contributed by atoms with van der Waals surface area (Å²) in [6.07, 6.45) is -12.7. The molecule has 20 heteroatoms. The van der Waals surface area contributed by atoms with Gasteiger partial charge >= 0.3 is 24.6 Å². The van der Waals surface area contributed by atoms with Crippen LogP contribution in [0.5, 0.6) is 0 Å². The summed E-state index contributed by atoms with van der Waals surface area (Å²) in [5, 5.41) is 5.80. The van der Waals surface area contributed by atoms with E-state index in [0.717, 1.165) is 51.9 Å². The molecule has 1 N–H and O–H groups in total. The molecule has 0 unspecified atom stereocenters. The molecular formula is C29H20F9N7O3S. The number of amides is 3. The minimum absolute atomic E-state index is 0.0856. The quantitative estimate of drug-likeness (QED) is 0.198. The number of amidine groups is 1. The van der Waals surface area contributed by atoms with Gasteiger partial charge in [0.05, 0.1) is 34.9 Å². The average molecular weight is 718 g/mol. The van der Waals surface area contributed by atoms with Crippen LogP contribution in [-0.2, 0) is 28.5 Å². The van der Waals surface area contributed by atoms with Crippen LogP contribution in [0.3, 0.4) is 0 Å². The van der Waals surface area contributed by atoms with Gasteiger partial charge in [-0.1, -0.05) is 23.9 Å². The van der Waals surface area contributed by atoms with Crippen LogP contribution >= 0.6 is 11.8 Å². The maximum Gasteiger partial charge on any atom is 0.418 e. The number of nitrogens with one attached hydrogen (secondary N) is 1. The average Bonchev–Trinajstić information content (AvgIpc) is 3.63. The zero-order chi connectivity index (χ0) is 35.7. The van der Waals surface area contributed by atoms with E-state index >= 15 is 0 Å². The van der Waals surface area contributed by atoms with Gasteiger partial charge in [0.1, 0.15) is 12.9 Å². The van der Waals surface area contributed by atoms with E-state index in [-0.39, 0.29) is 39.4 Å². The number of anilines is 2. The van der Waals surface area contributed by atoms with Crippen molar-refractivity contribution >= 4 is 40.2 Å². The summed E-state index contributed by atoms with van der Waals surface area (Å²) in [7, 11) is 0. The second-order valence-electron chi connectivity index (χ2n) is 10.3. The Morgan fingerprint density at radius 1 is 0.980 bits per heavy atom. The van der Waals surface area contributed by atoms with E-state index in [2.05, 4.69) is 20.1 Å². The lowest BCUT2D eigenvalue weighted by Crippen LogP contribution is -2.31. The van der Waals surface area contributed by atoms with Crippen LogP contribution in [0.2, 0.25) is 0 Å². The van der Waals surface area contributed by atoms with Crippen molar-refractivity contribution in [3.05, 3.63) is 83.3 Å². The van der Waals surface area contributed by atoms with Gasteiger partial charge in [-0.15, -0.1) is 5.10 Å². The molecule has 0 spiro atoms. The van der Waals surface area contributed by atoms with Crippen molar-refractivity contribution < 1.29 is 53.8 Å². The fourth-order valence-corrected chi connectivity index (χ4v) is 5.27. The number of nitrogens with zero attached hydrogens (tertiary/aromatic N) is 6. The molecule has 0 atom stereocenters. The zero-order valence-corrected chi connectivity index (χ0v) is 25.4. The number of hydrogen-bond donors (Lipinski definition) is 1. The van der Waals surface area contributed by atoms with Crippen molar-refractivity contribution in [1.29, 1.82) is 0 Å². The Morgan fingerprint density at radius 2 is 1.73 bits per heavy atom. The molecule has 3 amide bonds. The molecule has 0 bridgehead atoms. The number of halogens is 9. The first-order valence-corrected chi connectivity index (χ1v) is 14.6. The Balaban J connectivity index is 1.38. The number of benzene rings is 2. The molecule has 258 valence electrons. The Morgan fingerprint density at radius 3 is 2.39 bits per heavy atom. The topological polar surface area (TPSA) is 115 Å². The Kier molecular flexibility index (Phi) is 9.73. The van der Waals surface area contributed by atoms with Crippen molar-refractivity contribution in [2.75, 3.05) is 22.6 Å². The van der Waals surface area contributed by atoms with Crippen molar-refractivity contribution in [2.45, 2.75) is 32.1 Å². The third kappa shape index (κ3) is 8.55. The summed E-state index contributed by atoms with van der Waals surface area (Å²) in [6, 6.07) is 7.63. The molecule has 2 aromatic carbocycles. The summed E-state index contributed by atoms with van der Waals surface area (Å²) in [5.41, 5.74) is -2.36. The van der Waals surface area contributed by atoms with Gasteiger partial charge in [0.2, 0.25) is 5.91 Å². The molecule has 1 saturated heterocycles. The largest absolute Gasteiger partial charge is 0.418 e. The number of aryl methyl sites for hydroxylation is 1. The highest BCUT2D eigenvalue weighted by Crippen LogP contribution is 2.38. The van der Waals surface area contributed by atoms with E-state index in [4.69, 9.17) is 4.74 Å². The van der Waals surface area contributed by atoms with Crippen LogP contribution in [-0.4, -0.2) is 55.4 Å². The number of pyridine rings is 1. The number of aromatic nitrogens is 4. The summed E-state index contributed by atoms with van der Waals surface area (Å²) in [5.74, 6) is -1.13. The second kappa shape index (κ2) is 13.5. The number of alkyl halides is 9. The Bertz CT molecular complexity index is 1910. The third-order valence-corrected chi connectivity index (χ3v) is 7.52. The molecule has 4 aromatic rings. The molecule has 1 fully saturated rings. The lowest BCUT2D eigenvalue weighted by Gasteiger charge is -2.21. The van der Waals surface area contributed by atoms with Crippen LogP contribution in [0, 0.1) is 6.92 Å². The fraction of sp³-hybridized carbons (Fsp3) is 0.241. The molecule has 0 aliphatic carbocycles. The summed E-state index contributed by atoms with van der Waals surface area (Å²) < 4.78 is 124. The van der Waals surface area contributed by atoms with Crippen LogP contribution < -0.4 is 10.2 Å². The van der Waals surface area contributed by atoms with E-state index in [1.54, 1.807) is 13.0 Å². The van der Waals surface area contributed by atoms with Gasteiger partial charge < -0.3 is 10.1 Å². The highest BCUT2D eigenvalue weighted by Gasteiger charge is 2.36. The Hall–Kier alpha value is -4.98. The first-order valence-electron chi connectivity index (χ1n) is 13.7. The Labute approximate surface area is 274 Å². The van der Waals surface area contributed by atoms with E-state index < -0.39 is 60.5 Å². The van der Waals surface area contributed by atoms with Crippen molar-refractivity contribution in [3.63, 3.8) is 0 Å². The number of urea groups is 1. The maximum atomic E-state index is 14.1. The predicted octanol–water partition coefficient (Wildman–Crippen LogP) is 7.42. The first kappa shape index (κ1) is 35.3. The van der Waals surface area contributed by atoms with Crippen LogP contribution in [0.15, 0.2) is 66.0 Å². The van der Waals surface area contributed by atoms with Gasteiger partial charge in [0.25, 0.3) is 0 Å². The molecule has 1 aliphatic rings. The molecule has 2 aromatic heterocycles. The number of thioether (sulfide) groups is 1. The highest BCUT2D eigenvalue weighted by atomic mass is 32.2. The van der Waals surface area contributed by atoms with Crippen LogP contribution in [0.4, 0.5) is 55.7 Å². The molecule has 0 radical (unpaired) electrons. The highest BCUT2D eigenvalue weighted by molar-refractivity contribution is 8.15. The van der Waals surface area contributed by atoms with Gasteiger partial charge in [-0.2, -0.15) is 44.5 Å². The monoisotopic (exact) mass is 717 g/mol. The van der Waals surface area contributed by atoms with E-state index in [1.807, 2.05) is 5.32 Å². The van der Waals surface area contributed by atoms with Gasteiger partial charge in [-0.3, -0.25) is 9.69 Å². The lowest BCUT2D eigenvalue weighted by atomic mass is 10.1. The molecule has 0 saturated carbocycles. The third-order valence-electron chi connectivity index (χ3n) is 6.59. The predicted molar refractivity (Wildman–Crippen MR) is 158 cm³/mol. The molecule has 49 heavy (non-hydrogen) atoms. The molecular weight excluding hydrogens is 697 g/mol. The zero-order valence-electron chi connectivity index (χ0n) is 24.6. The fourth-order valence-electron chi connectivity index (χ4n) is 4.41. The summed E-state index contributed by atoms with van der Waals surface area (Å²) in [4.78, 5) is 38.0. The van der Waals surface area contributed by atoms with Crippen molar-refractivity contribution in [2.24, 2.45) is 4.99 Å². The number of ether oxygens (including phenoxy) is 1. The standard InChI is InChI=1S/C29H20F9N7O3S/c1-15-2-3-17(11-48-13-27(30,31)32)21(8-15)45-23(46)12-49-26(45)42-25(47)41-20-6-4-16(9-19(20)29(36,37)38)24-40-14-44(43-24)22-7-5-18(10-39-22)28(33,34)35/h2-10,14H,11-13H2,1H3,(H,41,47)/b42-26-. The number of carbonyl (C=O) groups excluding carboxylic acids is 2. The van der Waals surface area contributed by atoms with Crippen LogP contribution in [0.25, 0.3) is 17.2 Å². The molecule has 10 nitrogen and oxygen atoms in total. The number of hydrogen-bond acceptors (Lipinski definition) is 7. The minimum atomic E-state index is -5.01. The molecule has 1 aliphatic heterocycles. The number of aliphatic imine (C=N–C) groups is 1.